The van der Waals surface area contributed by atoms with Gasteiger partial charge in [0.1, 0.15) is 5.56 Å². The molecule has 0 bridgehead atoms. The van der Waals surface area contributed by atoms with E-state index in [4.69, 9.17) is 15.0 Å². The van der Waals surface area contributed by atoms with Crippen molar-refractivity contribution in [2.24, 2.45) is 0 Å². The predicted octanol–water partition coefficient (Wildman–Crippen LogP) is 9.50. The molecule has 0 spiro atoms. The highest BCUT2D eigenvalue weighted by molar-refractivity contribution is 6.23. The Balaban J connectivity index is 1.27. The second-order valence-corrected chi connectivity index (χ2v) is 14.0. The molecule has 11 rings (SSSR count). The van der Waals surface area contributed by atoms with Gasteiger partial charge in [-0.15, -0.1) is 0 Å². The number of nitrogens with zero attached hydrogens (tertiary/aromatic N) is 5. The Morgan fingerprint density at radius 3 is 1.70 bits per heavy atom. The zero-order chi connectivity index (χ0) is 37.8. The van der Waals surface area contributed by atoms with Gasteiger partial charge < -0.3 is 30.1 Å². The van der Waals surface area contributed by atoms with E-state index in [1.165, 1.54) is 11.1 Å². The number of benzene rings is 7. The van der Waals surface area contributed by atoms with Crippen molar-refractivity contribution in [2.75, 3.05) is 0 Å². The van der Waals surface area contributed by atoms with E-state index in [2.05, 4.69) is 53.1 Å². The van der Waals surface area contributed by atoms with Crippen molar-refractivity contribution in [1.82, 2.24) is 24.1 Å². The maximum absolute atomic E-state index is 11.2. The molecular formula is C46H29N5O5. The third-order valence-electron chi connectivity index (χ3n) is 11.0. The zero-order valence-corrected chi connectivity index (χ0v) is 29.4. The lowest BCUT2D eigenvalue weighted by Crippen LogP contribution is -2.07. The highest BCUT2D eigenvalue weighted by atomic mass is 16.4. The summed E-state index contributed by atoms with van der Waals surface area (Å²) >= 11 is 0. The van der Waals surface area contributed by atoms with Gasteiger partial charge in [-0.25, -0.2) is 4.98 Å². The monoisotopic (exact) mass is 731 g/mol. The van der Waals surface area contributed by atoms with E-state index in [-0.39, 0.29) is 17.6 Å². The molecule has 0 amide bonds. The first kappa shape index (κ1) is 31.7. The van der Waals surface area contributed by atoms with Crippen LogP contribution in [0.1, 0.15) is 11.1 Å². The summed E-state index contributed by atoms with van der Waals surface area (Å²) < 4.78 is 4.19. The molecule has 0 fully saturated rings. The van der Waals surface area contributed by atoms with Crippen LogP contribution in [0.2, 0.25) is 0 Å². The average molecular weight is 732 g/mol. The van der Waals surface area contributed by atoms with Crippen LogP contribution in [0.4, 0.5) is 0 Å². The van der Waals surface area contributed by atoms with Gasteiger partial charge in [-0.3, -0.25) is 4.57 Å². The fourth-order valence-electron chi connectivity index (χ4n) is 8.44. The number of para-hydroxylation sites is 3. The van der Waals surface area contributed by atoms with E-state index in [1.54, 1.807) is 0 Å². The molecule has 3 aromatic heterocycles. The predicted molar refractivity (Wildman–Crippen MR) is 216 cm³/mol. The molecule has 0 radical (unpaired) electrons. The van der Waals surface area contributed by atoms with E-state index in [0.29, 0.717) is 5.56 Å². The van der Waals surface area contributed by atoms with E-state index in [0.717, 1.165) is 66.8 Å². The number of aromatic hydroxyl groups is 5. The van der Waals surface area contributed by atoms with Crippen molar-refractivity contribution in [1.29, 1.82) is 0 Å². The quantitative estimate of drug-likeness (QED) is 0.0888. The van der Waals surface area contributed by atoms with Gasteiger partial charge >= 0.3 is 0 Å². The first-order valence-electron chi connectivity index (χ1n) is 18.0. The summed E-state index contributed by atoms with van der Waals surface area (Å²) in [4.78, 5) is 14.8. The molecule has 5 N–H and O–H groups in total. The molecule has 7 aromatic carbocycles. The van der Waals surface area contributed by atoms with Crippen molar-refractivity contribution in [3.63, 3.8) is 0 Å². The van der Waals surface area contributed by atoms with E-state index >= 15 is 0 Å². The Hall–Kier alpha value is -7.85. The van der Waals surface area contributed by atoms with E-state index < -0.39 is 34.3 Å². The Kier molecular flexibility index (Phi) is 6.54. The molecule has 1 aliphatic carbocycles. The van der Waals surface area contributed by atoms with Crippen LogP contribution in [-0.4, -0.2) is 49.6 Å². The van der Waals surface area contributed by atoms with Gasteiger partial charge in [0.2, 0.25) is 23.2 Å². The molecule has 0 unspecified atom stereocenters. The highest BCUT2D eigenvalue weighted by Crippen LogP contribution is 2.54. The summed E-state index contributed by atoms with van der Waals surface area (Å²) in [6.45, 7) is 0. The standard InChI is InChI=1S/C46H29N5O5/c52-39-36(40(53)42(55)43(56)41(39)54)45-47-44(25-18-19-29-26(23-25)22-24-10-4-5-13-28(24)29)48-46(49-45)51-35-17-9-7-15-31(35)33-21-20-32-30-14-6-8-16-34(30)50(37(32)38(33)51)27-11-2-1-3-12-27/h1-21,23,52-56H,22H2. The second-order valence-electron chi connectivity index (χ2n) is 14.0. The summed E-state index contributed by atoms with van der Waals surface area (Å²) in [6.07, 6.45) is 0.723. The van der Waals surface area contributed by atoms with Crippen LogP contribution < -0.4 is 0 Å². The minimum absolute atomic E-state index is 0.156. The van der Waals surface area contributed by atoms with Crippen molar-refractivity contribution in [2.45, 2.75) is 6.42 Å². The van der Waals surface area contributed by atoms with Crippen LogP contribution in [0, 0.1) is 0 Å². The topological polar surface area (TPSA) is 150 Å². The molecule has 10 aromatic rings. The average Bonchev–Trinajstić information content (AvgIpc) is 3.90. The lowest BCUT2D eigenvalue weighted by atomic mass is 10.0. The van der Waals surface area contributed by atoms with Crippen LogP contribution in [0.15, 0.2) is 133 Å². The summed E-state index contributed by atoms with van der Waals surface area (Å²) in [5.41, 5.74) is 9.24. The first-order chi connectivity index (χ1) is 27.4. The second kappa shape index (κ2) is 11.6. The van der Waals surface area contributed by atoms with Crippen molar-refractivity contribution in [3.8, 4) is 74.3 Å². The molecule has 268 valence electrons. The summed E-state index contributed by atoms with van der Waals surface area (Å²) in [6, 6.07) is 44.8. The molecule has 1 aliphatic rings. The van der Waals surface area contributed by atoms with Crippen molar-refractivity contribution < 1.29 is 25.5 Å². The molecule has 0 saturated heterocycles. The maximum atomic E-state index is 11.2. The number of hydrogen-bond acceptors (Lipinski definition) is 8. The molecule has 3 heterocycles. The van der Waals surface area contributed by atoms with Gasteiger partial charge in [0, 0.05) is 32.8 Å². The summed E-state index contributed by atoms with van der Waals surface area (Å²) in [5, 5.41) is 57.9. The SMILES string of the molecule is Oc1c(O)c(O)c(-c2nc(-c3ccc4c(c3)Cc3ccccc3-4)nc(-n3c4ccccc4c4ccc5c6ccccc6n(-c6ccccc6)c5c43)n2)c(O)c1O. The number of hydrogen-bond donors (Lipinski definition) is 5. The van der Waals surface area contributed by atoms with Gasteiger partial charge in [0.15, 0.2) is 23.1 Å². The number of rotatable bonds is 4. The third kappa shape index (κ3) is 4.34. The Morgan fingerprint density at radius 1 is 0.429 bits per heavy atom. The van der Waals surface area contributed by atoms with Crippen LogP contribution >= 0.6 is 0 Å². The van der Waals surface area contributed by atoms with Gasteiger partial charge in [-0.1, -0.05) is 103 Å². The van der Waals surface area contributed by atoms with Crippen molar-refractivity contribution in [3.05, 3.63) is 145 Å². The number of fused-ring (bicyclic) bond motifs is 10. The molecule has 10 nitrogen and oxygen atoms in total. The van der Waals surface area contributed by atoms with Gasteiger partial charge in [-0.05, 0) is 59.0 Å². The minimum Gasteiger partial charge on any atom is -0.504 e. The smallest absolute Gasteiger partial charge is 0.238 e. The number of aromatic nitrogens is 5. The van der Waals surface area contributed by atoms with Crippen LogP contribution in [0.3, 0.4) is 0 Å². The fourth-order valence-corrected chi connectivity index (χ4v) is 8.44. The summed E-state index contributed by atoms with van der Waals surface area (Å²) in [7, 11) is 0. The molecule has 10 heteroatoms. The zero-order valence-electron chi connectivity index (χ0n) is 29.4. The molecule has 0 saturated carbocycles. The van der Waals surface area contributed by atoms with E-state index in [9.17, 15) is 25.5 Å². The molecule has 0 aliphatic heterocycles. The Labute approximate surface area is 317 Å². The lowest BCUT2D eigenvalue weighted by Gasteiger charge is -2.15. The van der Waals surface area contributed by atoms with Crippen molar-refractivity contribution >= 4 is 43.6 Å². The molecule has 56 heavy (non-hydrogen) atoms. The van der Waals surface area contributed by atoms with Crippen LogP contribution in [0.5, 0.6) is 28.7 Å². The third-order valence-corrected chi connectivity index (χ3v) is 11.0. The minimum atomic E-state index is -1.07. The van der Waals surface area contributed by atoms with Crippen LogP contribution in [0.25, 0.3) is 89.2 Å². The normalized spacial score (nSPS) is 12.2. The fraction of sp³-hybridized carbons (Fsp3) is 0.0217. The molecular weight excluding hydrogens is 703 g/mol. The van der Waals surface area contributed by atoms with Gasteiger partial charge in [0.05, 0.1) is 22.1 Å². The highest BCUT2D eigenvalue weighted by Gasteiger charge is 2.29. The Bertz CT molecular complexity index is 3270. The maximum Gasteiger partial charge on any atom is 0.238 e. The lowest BCUT2D eigenvalue weighted by molar-refractivity contribution is 0.329. The van der Waals surface area contributed by atoms with E-state index in [1.807, 2.05) is 89.5 Å². The van der Waals surface area contributed by atoms with Gasteiger partial charge in [0.25, 0.3) is 0 Å². The summed E-state index contributed by atoms with van der Waals surface area (Å²) in [5.74, 6) is -4.80. The largest absolute Gasteiger partial charge is 0.504 e. The number of phenolic OH excluding ortho intramolecular Hbond substituents is 5. The Morgan fingerprint density at radius 2 is 0.982 bits per heavy atom. The number of phenols is 5. The first-order valence-corrected chi connectivity index (χ1v) is 18.0. The van der Waals surface area contributed by atoms with Gasteiger partial charge in [-0.2, -0.15) is 9.97 Å². The molecule has 0 atom stereocenters. The van der Waals surface area contributed by atoms with Crippen LogP contribution in [-0.2, 0) is 6.42 Å².